The van der Waals surface area contributed by atoms with E-state index in [-0.39, 0.29) is 22.7 Å². The molecule has 1 aromatic rings. The van der Waals surface area contributed by atoms with Gasteiger partial charge in [-0.15, -0.1) is 13.2 Å². The maximum Gasteiger partial charge on any atom is 0.573 e. The van der Waals surface area contributed by atoms with E-state index in [1.54, 1.807) is 6.92 Å². The Kier molecular flexibility index (Phi) is 5.32. The van der Waals surface area contributed by atoms with E-state index >= 15 is 0 Å². The van der Waals surface area contributed by atoms with Gasteiger partial charge in [-0.3, -0.25) is 0 Å². The molecule has 0 aliphatic carbocycles. The predicted octanol–water partition coefficient (Wildman–Crippen LogP) is 4.13. The molecule has 0 fully saturated rings. The molecule has 0 saturated heterocycles. The highest BCUT2D eigenvalue weighted by atomic mass is 79.9. The van der Waals surface area contributed by atoms with Gasteiger partial charge in [0.1, 0.15) is 18.1 Å². The quantitative estimate of drug-likeness (QED) is 0.861. The Morgan fingerprint density at radius 3 is 2.35 bits per heavy atom. The van der Waals surface area contributed by atoms with Crippen molar-refractivity contribution < 1.29 is 27.8 Å². The van der Waals surface area contributed by atoms with Crippen molar-refractivity contribution in [2.75, 3.05) is 6.61 Å². The van der Waals surface area contributed by atoms with Crippen molar-refractivity contribution >= 4 is 15.9 Å². The second kappa shape index (κ2) is 6.22. The van der Waals surface area contributed by atoms with Gasteiger partial charge in [-0.25, -0.2) is 0 Å². The molecular weight excluding hydrogens is 341 g/mol. The van der Waals surface area contributed by atoms with Crippen molar-refractivity contribution in [2.24, 2.45) is 5.92 Å². The van der Waals surface area contributed by atoms with Crippen LogP contribution in [0.5, 0.6) is 11.5 Å². The number of hydrogen-bond donors (Lipinski definition) is 1. The summed E-state index contributed by atoms with van der Waals surface area (Å²) in [6.07, 6.45) is -4.74. The Hall–Kier alpha value is -0.950. The highest BCUT2D eigenvalue weighted by Crippen LogP contribution is 2.33. The maximum absolute atomic E-state index is 12.1. The van der Waals surface area contributed by atoms with Gasteiger partial charge in [0.15, 0.2) is 0 Å². The zero-order valence-corrected chi connectivity index (χ0v) is 12.9. The fraction of sp³-hybridized carbons (Fsp3) is 0.538. The minimum absolute atomic E-state index is 0.0150. The van der Waals surface area contributed by atoms with E-state index in [4.69, 9.17) is 4.74 Å². The number of benzene rings is 1. The summed E-state index contributed by atoms with van der Waals surface area (Å²) in [5, 5.41) is 10.0. The third-order valence-corrected chi connectivity index (χ3v) is 3.52. The monoisotopic (exact) mass is 356 g/mol. The molecular formula is C13H16BrF3O3. The Bertz CT molecular complexity index is 459. The number of halogens is 4. The molecule has 1 atom stereocenters. The fourth-order valence-electron chi connectivity index (χ4n) is 1.17. The number of aliphatic hydroxyl groups is 1. The molecule has 114 valence electrons. The predicted molar refractivity (Wildman–Crippen MR) is 71.8 cm³/mol. The third-order valence-electron chi connectivity index (χ3n) is 2.90. The Labute approximate surface area is 123 Å². The van der Waals surface area contributed by atoms with Gasteiger partial charge in [0.2, 0.25) is 0 Å². The molecule has 0 spiro atoms. The maximum atomic E-state index is 12.1. The minimum Gasteiger partial charge on any atom is -0.491 e. The van der Waals surface area contributed by atoms with Crippen molar-refractivity contribution in [3.8, 4) is 11.5 Å². The van der Waals surface area contributed by atoms with Crippen LogP contribution >= 0.6 is 15.9 Å². The summed E-state index contributed by atoms with van der Waals surface area (Å²) in [7, 11) is 0. The number of ether oxygens (including phenoxy) is 2. The average molecular weight is 357 g/mol. The van der Waals surface area contributed by atoms with E-state index < -0.39 is 12.0 Å². The minimum atomic E-state index is -4.74. The molecule has 1 N–H and O–H groups in total. The summed E-state index contributed by atoms with van der Waals surface area (Å²) in [5.74, 6) is -0.0217. The summed E-state index contributed by atoms with van der Waals surface area (Å²) in [5.41, 5.74) is -1.02. The van der Waals surface area contributed by atoms with Gasteiger partial charge in [-0.1, -0.05) is 13.8 Å². The molecule has 0 bridgehead atoms. The van der Waals surface area contributed by atoms with E-state index in [0.717, 1.165) is 6.07 Å². The highest BCUT2D eigenvalue weighted by Gasteiger charge is 2.32. The van der Waals surface area contributed by atoms with Gasteiger partial charge in [-0.05, 0) is 47.0 Å². The van der Waals surface area contributed by atoms with Crippen molar-refractivity contribution in [1.29, 1.82) is 0 Å². The molecule has 0 aromatic heterocycles. The molecule has 0 saturated carbocycles. The van der Waals surface area contributed by atoms with E-state index in [0.29, 0.717) is 5.75 Å². The number of hydrogen-bond acceptors (Lipinski definition) is 3. The zero-order valence-electron chi connectivity index (χ0n) is 11.3. The van der Waals surface area contributed by atoms with Crippen LogP contribution in [-0.2, 0) is 0 Å². The largest absolute Gasteiger partial charge is 0.573 e. The summed E-state index contributed by atoms with van der Waals surface area (Å²) in [6.45, 7) is 5.36. The van der Waals surface area contributed by atoms with E-state index in [1.807, 2.05) is 13.8 Å². The normalized spacial score (nSPS) is 15.1. The molecule has 20 heavy (non-hydrogen) atoms. The molecule has 0 amide bonds. The van der Waals surface area contributed by atoms with Crippen LogP contribution in [0.25, 0.3) is 0 Å². The van der Waals surface area contributed by atoms with Crippen LogP contribution in [0.4, 0.5) is 13.2 Å². The average Bonchev–Trinajstić information content (AvgIpc) is 2.28. The molecule has 1 aromatic carbocycles. The van der Waals surface area contributed by atoms with Crippen LogP contribution in [0.15, 0.2) is 22.7 Å². The second-order valence-electron chi connectivity index (χ2n) is 4.94. The van der Waals surface area contributed by atoms with Crippen LogP contribution in [-0.4, -0.2) is 23.7 Å². The SMILES string of the molecule is CC(C)C(C)(O)COc1ccc(OC(F)(F)F)c(Br)c1. The Balaban J connectivity index is 2.73. The van der Waals surface area contributed by atoms with Gasteiger partial charge in [0.05, 0.1) is 10.1 Å². The van der Waals surface area contributed by atoms with Gasteiger partial charge < -0.3 is 14.6 Å². The third kappa shape index (κ3) is 5.20. The summed E-state index contributed by atoms with van der Waals surface area (Å²) < 4.78 is 45.6. The molecule has 7 heteroatoms. The second-order valence-corrected chi connectivity index (χ2v) is 5.79. The smallest absolute Gasteiger partial charge is 0.491 e. The van der Waals surface area contributed by atoms with E-state index in [1.165, 1.54) is 12.1 Å². The highest BCUT2D eigenvalue weighted by molar-refractivity contribution is 9.10. The van der Waals surface area contributed by atoms with Gasteiger partial charge in [-0.2, -0.15) is 0 Å². The van der Waals surface area contributed by atoms with Crippen LogP contribution in [0, 0.1) is 5.92 Å². The van der Waals surface area contributed by atoms with E-state index in [2.05, 4.69) is 20.7 Å². The molecule has 0 aliphatic rings. The molecule has 0 aliphatic heterocycles. The standard InChI is InChI=1S/C13H16BrF3O3/c1-8(2)12(3,18)7-19-9-4-5-11(10(14)6-9)20-13(15,16)17/h4-6,8,18H,7H2,1-3H3. The fourth-order valence-corrected chi connectivity index (χ4v) is 1.61. The first-order valence-electron chi connectivity index (χ1n) is 5.92. The first kappa shape index (κ1) is 17.1. The summed E-state index contributed by atoms with van der Waals surface area (Å²) in [6, 6.07) is 3.86. The van der Waals surface area contributed by atoms with Gasteiger partial charge in [0.25, 0.3) is 0 Å². The van der Waals surface area contributed by atoms with Crippen molar-refractivity contribution in [3.63, 3.8) is 0 Å². The zero-order chi connectivity index (χ0) is 15.6. The topological polar surface area (TPSA) is 38.7 Å². The van der Waals surface area contributed by atoms with Gasteiger partial charge >= 0.3 is 6.36 Å². The molecule has 0 heterocycles. The molecule has 1 rings (SSSR count). The van der Waals surface area contributed by atoms with Crippen molar-refractivity contribution in [2.45, 2.75) is 32.7 Å². The molecule has 0 radical (unpaired) electrons. The van der Waals surface area contributed by atoms with Crippen LogP contribution < -0.4 is 9.47 Å². The number of alkyl halides is 3. The van der Waals surface area contributed by atoms with Crippen LogP contribution in [0.2, 0.25) is 0 Å². The number of rotatable bonds is 5. The first-order valence-corrected chi connectivity index (χ1v) is 6.71. The van der Waals surface area contributed by atoms with Crippen molar-refractivity contribution in [3.05, 3.63) is 22.7 Å². The Morgan fingerprint density at radius 1 is 1.30 bits per heavy atom. The summed E-state index contributed by atoms with van der Waals surface area (Å²) >= 11 is 2.98. The lowest BCUT2D eigenvalue weighted by Crippen LogP contribution is -2.37. The molecule has 1 unspecified atom stereocenters. The lowest BCUT2D eigenvalue weighted by atomic mass is 9.94. The summed E-state index contributed by atoms with van der Waals surface area (Å²) in [4.78, 5) is 0. The molecule has 3 nitrogen and oxygen atoms in total. The lowest BCUT2D eigenvalue weighted by Gasteiger charge is -2.27. The van der Waals surface area contributed by atoms with Crippen LogP contribution in [0.1, 0.15) is 20.8 Å². The van der Waals surface area contributed by atoms with E-state index in [9.17, 15) is 18.3 Å². The van der Waals surface area contributed by atoms with Crippen LogP contribution in [0.3, 0.4) is 0 Å². The Morgan fingerprint density at radius 2 is 1.90 bits per heavy atom. The first-order chi connectivity index (χ1) is 9.01. The van der Waals surface area contributed by atoms with Crippen molar-refractivity contribution in [1.82, 2.24) is 0 Å². The van der Waals surface area contributed by atoms with Gasteiger partial charge in [0, 0.05) is 0 Å². The lowest BCUT2D eigenvalue weighted by molar-refractivity contribution is -0.274.